The largest absolute Gasteiger partial charge is 0.507 e. The maximum atomic E-state index is 14.2. The van der Waals surface area contributed by atoms with Crippen LogP contribution < -0.4 is 4.90 Å². The van der Waals surface area contributed by atoms with E-state index in [1.807, 2.05) is 0 Å². The quantitative estimate of drug-likeness (QED) is 0.254. The van der Waals surface area contributed by atoms with Gasteiger partial charge in [0, 0.05) is 5.56 Å². The van der Waals surface area contributed by atoms with Crippen LogP contribution in [0.5, 0.6) is 0 Å². The standard InChI is InChI=1S/C24H18F2N2O5S/c1-11-4-5-14(10-16(11)26)19(29)17-18(13-6-8-15(25)9-7-13)28(22(31)20(17)30)24-27-12(2)21(34-24)23(32)33-3/h4-10,18,29H,1-3H3/t18-/m0/s1. The van der Waals surface area contributed by atoms with Crippen LogP contribution in [-0.2, 0) is 14.3 Å². The summed E-state index contributed by atoms with van der Waals surface area (Å²) in [5.41, 5.74) is 0.612. The van der Waals surface area contributed by atoms with Crippen molar-refractivity contribution in [3.8, 4) is 0 Å². The second kappa shape index (κ2) is 8.79. The number of methoxy groups -OCH3 is 1. The molecule has 3 aromatic rings. The lowest BCUT2D eigenvalue weighted by Gasteiger charge is -2.23. The Balaban J connectivity index is 1.94. The molecule has 7 nitrogen and oxygen atoms in total. The van der Waals surface area contributed by atoms with Gasteiger partial charge in [-0.1, -0.05) is 35.6 Å². The molecule has 0 aliphatic carbocycles. The number of carbonyl (C=O) groups is 3. The highest BCUT2D eigenvalue weighted by Gasteiger charge is 2.48. The van der Waals surface area contributed by atoms with E-state index < -0.39 is 41.1 Å². The molecule has 2 aromatic carbocycles. The zero-order chi connectivity index (χ0) is 24.7. The van der Waals surface area contributed by atoms with Crippen molar-refractivity contribution in [1.82, 2.24) is 4.98 Å². The molecule has 1 aliphatic rings. The van der Waals surface area contributed by atoms with Gasteiger partial charge in [0.05, 0.1) is 24.4 Å². The number of rotatable bonds is 4. The third-order valence-electron chi connectivity index (χ3n) is 5.44. The molecular formula is C24H18F2N2O5S. The van der Waals surface area contributed by atoms with E-state index in [2.05, 4.69) is 4.98 Å². The molecule has 0 radical (unpaired) electrons. The second-order valence-corrected chi connectivity index (χ2v) is 8.56. The average Bonchev–Trinajstić information content (AvgIpc) is 3.32. The molecule has 1 N–H and O–H groups in total. The molecule has 1 aromatic heterocycles. The highest BCUT2D eigenvalue weighted by molar-refractivity contribution is 7.17. The topological polar surface area (TPSA) is 96.8 Å². The van der Waals surface area contributed by atoms with E-state index in [4.69, 9.17) is 4.74 Å². The number of aromatic nitrogens is 1. The first-order valence-corrected chi connectivity index (χ1v) is 10.8. The first-order valence-electron chi connectivity index (χ1n) is 10.0. The molecule has 1 fully saturated rings. The zero-order valence-electron chi connectivity index (χ0n) is 18.3. The lowest BCUT2D eigenvalue weighted by Crippen LogP contribution is -2.29. The number of ketones is 1. The molecular weight excluding hydrogens is 466 g/mol. The molecule has 2 heterocycles. The Bertz CT molecular complexity index is 1360. The van der Waals surface area contributed by atoms with Crippen LogP contribution in [-0.4, -0.2) is 34.9 Å². The number of Topliss-reactive ketones (excluding diaryl/α,β-unsaturated/α-hetero) is 1. The van der Waals surface area contributed by atoms with E-state index in [1.165, 1.54) is 31.4 Å². The summed E-state index contributed by atoms with van der Waals surface area (Å²) >= 11 is 0.840. The number of amides is 1. The van der Waals surface area contributed by atoms with Crippen molar-refractivity contribution in [2.75, 3.05) is 12.0 Å². The summed E-state index contributed by atoms with van der Waals surface area (Å²) in [6.07, 6.45) is 0. The summed E-state index contributed by atoms with van der Waals surface area (Å²) in [6, 6.07) is 7.74. The van der Waals surface area contributed by atoms with Gasteiger partial charge in [-0.3, -0.25) is 14.5 Å². The van der Waals surface area contributed by atoms with Gasteiger partial charge in [-0.15, -0.1) is 0 Å². The number of esters is 1. The average molecular weight is 484 g/mol. The first-order chi connectivity index (χ1) is 16.1. The van der Waals surface area contributed by atoms with Gasteiger partial charge in [0.25, 0.3) is 5.78 Å². The van der Waals surface area contributed by atoms with Crippen molar-refractivity contribution in [3.63, 3.8) is 0 Å². The predicted molar refractivity (Wildman–Crippen MR) is 121 cm³/mol. The van der Waals surface area contributed by atoms with E-state index in [0.717, 1.165) is 34.4 Å². The Morgan fingerprint density at radius 3 is 2.41 bits per heavy atom. The normalized spacial score (nSPS) is 17.3. The van der Waals surface area contributed by atoms with Gasteiger partial charge in [0.2, 0.25) is 0 Å². The fourth-order valence-electron chi connectivity index (χ4n) is 3.65. The van der Waals surface area contributed by atoms with Gasteiger partial charge >= 0.3 is 11.9 Å². The molecule has 0 bridgehead atoms. The number of benzene rings is 2. The molecule has 34 heavy (non-hydrogen) atoms. The monoisotopic (exact) mass is 484 g/mol. The van der Waals surface area contributed by atoms with Crippen molar-refractivity contribution in [1.29, 1.82) is 0 Å². The van der Waals surface area contributed by atoms with E-state index in [-0.39, 0.29) is 26.8 Å². The minimum atomic E-state index is -1.19. The van der Waals surface area contributed by atoms with Crippen LogP contribution in [0.1, 0.15) is 38.1 Å². The lowest BCUT2D eigenvalue weighted by molar-refractivity contribution is -0.132. The maximum absolute atomic E-state index is 14.2. The number of carbonyl (C=O) groups excluding carboxylic acids is 3. The van der Waals surface area contributed by atoms with E-state index >= 15 is 0 Å². The van der Waals surface area contributed by atoms with Crippen LogP contribution in [0.3, 0.4) is 0 Å². The number of aliphatic hydroxyl groups excluding tert-OH is 1. The summed E-state index contributed by atoms with van der Waals surface area (Å²) in [4.78, 5) is 43.7. The maximum Gasteiger partial charge on any atom is 0.350 e. The number of thiazole rings is 1. The summed E-state index contributed by atoms with van der Waals surface area (Å²) in [7, 11) is 1.20. The highest BCUT2D eigenvalue weighted by atomic mass is 32.1. The Morgan fingerprint density at radius 2 is 1.79 bits per heavy atom. The molecule has 174 valence electrons. The van der Waals surface area contributed by atoms with Gasteiger partial charge in [-0.25, -0.2) is 18.6 Å². The number of aliphatic hydroxyl groups is 1. The summed E-state index contributed by atoms with van der Waals surface area (Å²) in [5.74, 6) is -4.43. The van der Waals surface area contributed by atoms with Crippen LogP contribution in [0.25, 0.3) is 5.76 Å². The van der Waals surface area contributed by atoms with Crippen LogP contribution in [0.15, 0.2) is 48.0 Å². The number of nitrogens with zero attached hydrogens (tertiary/aromatic N) is 2. The predicted octanol–water partition coefficient (Wildman–Crippen LogP) is 4.45. The Morgan fingerprint density at radius 1 is 1.12 bits per heavy atom. The SMILES string of the molecule is COC(=O)c1sc(N2C(=O)C(=O)C(=C(O)c3ccc(C)c(F)c3)[C@@H]2c2ccc(F)cc2)nc1C. The molecule has 1 amide bonds. The Hall–Kier alpha value is -3.92. The van der Waals surface area contributed by atoms with Crippen LogP contribution in [0, 0.1) is 25.5 Å². The fraction of sp³-hybridized carbons (Fsp3) is 0.167. The Kier molecular flexibility index (Phi) is 6.01. The fourth-order valence-corrected chi connectivity index (χ4v) is 4.67. The molecule has 1 aliphatic heterocycles. The third-order valence-corrected chi connectivity index (χ3v) is 6.57. The molecule has 0 spiro atoms. The van der Waals surface area contributed by atoms with Crippen molar-refractivity contribution in [3.05, 3.63) is 86.9 Å². The minimum Gasteiger partial charge on any atom is -0.507 e. The van der Waals surface area contributed by atoms with Crippen molar-refractivity contribution in [2.45, 2.75) is 19.9 Å². The summed E-state index contributed by atoms with van der Waals surface area (Å²) in [6.45, 7) is 3.09. The number of anilines is 1. The third kappa shape index (κ3) is 3.86. The number of hydrogen-bond acceptors (Lipinski definition) is 7. The van der Waals surface area contributed by atoms with E-state index in [9.17, 15) is 28.3 Å². The number of aryl methyl sites for hydroxylation is 2. The van der Waals surface area contributed by atoms with E-state index in [0.29, 0.717) is 11.1 Å². The zero-order valence-corrected chi connectivity index (χ0v) is 19.1. The number of ether oxygens (including phenoxy) is 1. The molecule has 1 atom stereocenters. The van der Waals surface area contributed by atoms with Crippen molar-refractivity contribution >= 4 is 39.9 Å². The number of halogens is 2. The Labute approximate surface area is 196 Å². The van der Waals surface area contributed by atoms with Gasteiger partial charge in [-0.05, 0) is 43.2 Å². The van der Waals surface area contributed by atoms with Gasteiger partial charge in [-0.2, -0.15) is 0 Å². The van der Waals surface area contributed by atoms with Gasteiger partial charge in [0.15, 0.2) is 5.13 Å². The van der Waals surface area contributed by atoms with E-state index in [1.54, 1.807) is 13.8 Å². The second-order valence-electron chi connectivity index (χ2n) is 7.59. The van der Waals surface area contributed by atoms with Crippen LogP contribution >= 0.6 is 11.3 Å². The lowest BCUT2D eigenvalue weighted by atomic mass is 9.95. The number of hydrogen-bond donors (Lipinski definition) is 1. The van der Waals surface area contributed by atoms with Crippen LogP contribution in [0.2, 0.25) is 0 Å². The van der Waals surface area contributed by atoms with Gasteiger partial charge < -0.3 is 9.84 Å². The molecule has 1 saturated heterocycles. The summed E-state index contributed by atoms with van der Waals surface area (Å²) in [5, 5.41) is 11.0. The molecule has 4 rings (SSSR count). The summed E-state index contributed by atoms with van der Waals surface area (Å²) < 4.78 is 32.5. The van der Waals surface area contributed by atoms with Crippen molar-refractivity contribution < 1.29 is 33.0 Å². The molecule has 0 saturated carbocycles. The highest BCUT2D eigenvalue weighted by Crippen LogP contribution is 2.44. The molecule has 10 heteroatoms. The van der Waals surface area contributed by atoms with Crippen LogP contribution in [0.4, 0.5) is 13.9 Å². The molecule has 0 unspecified atom stereocenters. The van der Waals surface area contributed by atoms with Crippen molar-refractivity contribution in [2.24, 2.45) is 0 Å². The minimum absolute atomic E-state index is 0.00113. The van der Waals surface area contributed by atoms with Gasteiger partial charge in [0.1, 0.15) is 22.3 Å². The smallest absolute Gasteiger partial charge is 0.350 e. The first kappa shape index (κ1) is 23.2.